The highest BCUT2D eigenvalue weighted by Gasteiger charge is 2.20. The highest BCUT2D eigenvalue weighted by molar-refractivity contribution is 9.10. The third kappa shape index (κ3) is 2.76. The molecular weight excluding hydrogens is 363 g/mol. The van der Waals surface area contributed by atoms with E-state index in [1.165, 1.54) is 18.2 Å². The molecule has 2 aromatic carbocycles. The molecule has 108 valence electrons. The Morgan fingerprint density at radius 1 is 1.14 bits per heavy atom. The van der Waals surface area contributed by atoms with Gasteiger partial charge in [0, 0.05) is 17.2 Å². The molecule has 1 heterocycles. The highest BCUT2D eigenvalue weighted by Crippen LogP contribution is 2.36. The lowest BCUT2D eigenvalue weighted by molar-refractivity contribution is 0.103. The van der Waals surface area contributed by atoms with Gasteiger partial charge in [0.05, 0.1) is 9.50 Å². The van der Waals surface area contributed by atoms with Gasteiger partial charge < -0.3 is 9.47 Å². The van der Waals surface area contributed by atoms with Gasteiger partial charge in [0.15, 0.2) is 17.3 Å². The van der Waals surface area contributed by atoms with Crippen LogP contribution < -0.4 is 9.47 Å². The first-order valence-corrected chi connectivity index (χ1v) is 7.32. The topological polar surface area (TPSA) is 35.5 Å². The molecule has 0 N–H and O–H groups in total. The Hall–Kier alpha value is -1.59. The Morgan fingerprint density at radius 3 is 2.48 bits per heavy atom. The number of hydrogen-bond acceptors (Lipinski definition) is 3. The maximum atomic E-state index is 13.2. The van der Waals surface area contributed by atoms with Gasteiger partial charge in [-0.1, -0.05) is 11.6 Å². The Morgan fingerprint density at radius 2 is 1.81 bits per heavy atom. The van der Waals surface area contributed by atoms with Crippen LogP contribution in [0.15, 0.2) is 34.8 Å². The largest absolute Gasteiger partial charge is 0.486 e. The summed E-state index contributed by atoms with van der Waals surface area (Å²) in [5, 5.41) is 0.268. The zero-order valence-corrected chi connectivity index (χ0v) is 13.0. The normalized spacial score (nSPS) is 13.1. The van der Waals surface area contributed by atoms with Gasteiger partial charge in [0.25, 0.3) is 0 Å². The van der Waals surface area contributed by atoms with Crippen molar-refractivity contribution in [2.45, 2.75) is 0 Å². The van der Waals surface area contributed by atoms with Crippen molar-refractivity contribution in [3.05, 3.63) is 56.8 Å². The third-order valence-corrected chi connectivity index (χ3v) is 3.98. The number of ketones is 1. The van der Waals surface area contributed by atoms with Crippen LogP contribution in [0, 0.1) is 5.82 Å². The molecular formula is C15H9BrClFO3. The highest BCUT2D eigenvalue weighted by atomic mass is 79.9. The Balaban J connectivity index is 2.03. The van der Waals surface area contributed by atoms with Crippen LogP contribution in [-0.4, -0.2) is 19.0 Å². The lowest BCUT2D eigenvalue weighted by atomic mass is 10.0. The second-order valence-corrected chi connectivity index (χ2v) is 5.70. The van der Waals surface area contributed by atoms with E-state index in [1.54, 1.807) is 12.1 Å². The minimum absolute atomic E-state index is 0.224. The van der Waals surface area contributed by atoms with E-state index in [4.69, 9.17) is 21.1 Å². The van der Waals surface area contributed by atoms with Crippen molar-refractivity contribution in [2.24, 2.45) is 0 Å². The van der Waals surface area contributed by atoms with E-state index in [0.29, 0.717) is 35.8 Å². The molecule has 21 heavy (non-hydrogen) atoms. The summed E-state index contributed by atoms with van der Waals surface area (Å²) in [4.78, 5) is 12.5. The lowest BCUT2D eigenvalue weighted by Gasteiger charge is -2.19. The maximum Gasteiger partial charge on any atom is 0.194 e. The zero-order valence-electron chi connectivity index (χ0n) is 10.7. The first-order chi connectivity index (χ1) is 10.1. The van der Waals surface area contributed by atoms with E-state index in [1.807, 2.05) is 0 Å². The van der Waals surface area contributed by atoms with Crippen LogP contribution >= 0.6 is 27.5 Å². The number of halogens is 3. The minimum Gasteiger partial charge on any atom is -0.486 e. The first kappa shape index (κ1) is 14.4. The molecule has 6 heteroatoms. The van der Waals surface area contributed by atoms with Gasteiger partial charge in [-0.25, -0.2) is 4.39 Å². The van der Waals surface area contributed by atoms with E-state index < -0.39 is 5.82 Å². The van der Waals surface area contributed by atoms with Crippen LogP contribution in [0.5, 0.6) is 11.5 Å². The third-order valence-electron chi connectivity index (χ3n) is 3.06. The fourth-order valence-corrected chi connectivity index (χ4v) is 2.65. The predicted octanol–water partition coefficient (Wildman–Crippen LogP) is 4.24. The number of benzene rings is 2. The van der Waals surface area contributed by atoms with Gasteiger partial charge in [-0.2, -0.15) is 0 Å². The Labute approximate surface area is 133 Å². The molecule has 3 rings (SSSR count). The molecule has 3 nitrogen and oxygen atoms in total. The molecule has 0 radical (unpaired) electrons. The quantitative estimate of drug-likeness (QED) is 0.741. The van der Waals surface area contributed by atoms with Crippen LogP contribution in [0.1, 0.15) is 15.9 Å². The average Bonchev–Trinajstić information content (AvgIpc) is 2.48. The summed E-state index contributed by atoms with van der Waals surface area (Å²) in [6.07, 6.45) is 0. The van der Waals surface area contributed by atoms with Gasteiger partial charge in [0.1, 0.15) is 19.0 Å². The fourth-order valence-electron chi connectivity index (χ4n) is 2.03. The molecule has 0 atom stereocenters. The molecule has 0 fully saturated rings. The summed E-state index contributed by atoms with van der Waals surface area (Å²) >= 11 is 9.20. The number of carbonyl (C=O) groups excluding carboxylic acids is 1. The summed E-state index contributed by atoms with van der Waals surface area (Å²) in [5.74, 6) is 0.260. The summed E-state index contributed by atoms with van der Waals surface area (Å²) in [6.45, 7) is 0.867. The smallest absolute Gasteiger partial charge is 0.194 e. The number of hydrogen-bond donors (Lipinski definition) is 0. The second-order valence-electron chi connectivity index (χ2n) is 4.43. The Bertz CT molecular complexity index is 733. The molecule has 0 saturated heterocycles. The average molecular weight is 372 g/mol. The molecule has 1 aliphatic heterocycles. The van der Waals surface area contributed by atoms with Crippen molar-refractivity contribution >= 4 is 33.3 Å². The standard InChI is InChI=1S/C15H9BrClFO3/c16-10-5-8(1-2-12(10)18)15(19)9-6-13-14(7-11(9)17)21-4-3-20-13/h1-2,5-7H,3-4H2. The summed E-state index contributed by atoms with van der Waals surface area (Å²) in [7, 11) is 0. The number of ether oxygens (including phenoxy) is 2. The zero-order chi connectivity index (χ0) is 15.0. The van der Waals surface area contributed by atoms with Crippen molar-refractivity contribution in [2.75, 3.05) is 13.2 Å². The molecule has 0 amide bonds. The van der Waals surface area contributed by atoms with E-state index >= 15 is 0 Å². The van der Waals surface area contributed by atoms with Crippen molar-refractivity contribution in [1.82, 2.24) is 0 Å². The van der Waals surface area contributed by atoms with E-state index in [0.717, 1.165) is 0 Å². The molecule has 0 saturated carbocycles. The summed E-state index contributed by atoms with van der Waals surface area (Å²) in [6, 6.07) is 7.17. The van der Waals surface area contributed by atoms with Crippen molar-refractivity contribution in [3.8, 4) is 11.5 Å². The van der Waals surface area contributed by atoms with Crippen LogP contribution in [0.3, 0.4) is 0 Å². The summed E-state index contributed by atoms with van der Waals surface area (Å²) < 4.78 is 24.3. The predicted molar refractivity (Wildman–Crippen MR) is 80.0 cm³/mol. The molecule has 0 unspecified atom stereocenters. The SMILES string of the molecule is O=C(c1ccc(F)c(Br)c1)c1cc2c(cc1Cl)OCCO2. The first-order valence-electron chi connectivity index (χ1n) is 6.15. The minimum atomic E-state index is -0.431. The van der Waals surface area contributed by atoms with Gasteiger partial charge >= 0.3 is 0 Å². The second kappa shape index (κ2) is 5.66. The molecule has 0 spiro atoms. The van der Waals surface area contributed by atoms with E-state index in [-0.39, 0.29) is 15.3 Å². The van der Waals surface area contributed by atoms with Crippen molar-refractivity contribution in [3.63, 3.8) is 0 Å². The number of fused-ring (bicyclic) bond motifs is 1. The molecule has 0 bridgehead atoms. The molecule has 1 aliphatic rings. The van der Waals surface area contributed by atoms with Gasteiger partial charge in [-0.15, -0.1) is 0 Å². The maximum absolute atomic E-state index is 13.2. The molecule has 0 aliphatic carbocycles. The van der Waals surface area contributed by atoms with Crippen molar-refractivity contribution < 1.29 is 18.7 Å². The Kier molecular flexibility index (Phi) is 3.87. The van der Waals surface area contributed by atoms with Crippen LogP contribution in [0.4, 0.5) is 4.39 Å². The molecule has 2 aromatic rings. The number of rotatable bonds is 2. The molecule has 0 aromatic heterocycles. The van der Waals surface area contributed by atoms with Gasteiger partial charge in [0.2, 0.25) is 0 Å². The van der Waals surface area contributed by atoms with Crippen LogP contribution in [-0.2, 0) is 0 Å². The van der Waals surface area contributed by atoms with Gasteiger partial charge in [-0.3, -0.25) is 4.79 Å². The van der Waals surface area contributed by atoms with Crippen LogP contribution in [0.2, 0.25) is 5.02 Å². The monoisotopic (exact) mass is 370 g/mol. The van der Waals surface area contributed by atoms with Crippen molar-refractivity contribution in [1.29, 1.82) is 0 Å². The summed E-state index contributed by atoms with van der Waals surface area (Å²) in [5.41, 5.74) is 0.626. The van der Waals surface area contributed by atoms with Gasteiger partial charge in [-0.05, 0) is 40.2 Å². The van der Waals surface area contributed by atoms with Crippen LogP contribution in [0.25, 0.3) is 0 Å². The lowest BCUT2D eigenvalue weighted by Crippen LogP contribution is -2.16. The van der Waals surface area contributed by atoms with E-state index in [9.17, 15) is 9.18 Å². The fraction of sp³-hybridized carbons (Fsp3) is 0.133. The van der Waals surface area contributed by atoms with E-state index in [2.05, 4.69) is 15.9 Å². The number of carbonyl (C=O) groups is 1.